The maximum absolute atomic E-state index is 5.23. The Morgan fingerprint density at radius 3 is 2.61 bits per heavy atom. The van der Waals surface area contributed by atoms with Gasteiger partial charge in [0.15, 0.2) is 0 Å². The minimum absolute atomic E-state index is 0.839. The third-order valence-corrected chi connectivity index (χ3v) is 3.92. The molecule has 2 aromatic heterocycles. The van der Waals surface area contributed by atoms with Crippen molar-refractivity contribution in [2.75, 3.05) is 7.11 Å². The predicted octanol–water partition coefficient (Wildman–Crippen LogP) is 4.30. The summed E-state index contributed by atoms with van der Waals surface area (Å²) in [5.41, 5.74) is 5.27. The molecule has 0 saturated carbocycles. The second kappa shape index (κ2) is 5.57. The van der Waals surface area contributed by atoms with Crippen molar-refractivity contribution in [2.24, 2.45) is 0 Å². The van der Waals surface area contributed by atoms with Crippen molar-refractivity contribution in [1.82, 2.24) is 15.2 Å². The van der Waals surface area contributed by atoms with E-state index in [1.54, 1.807) is 7.11 Å². The van der Waals surface area contributed by atoms with Gasteiger partial charge in [-0.2, -0.15) is 5.10 Å². The van der Waals surface area contributed by atoms with Crippen molar-refractivity contribution in [3.8, 4) is 28.1 Å². The minimum atomic E-state index is 0.839. The van der Waals surface area contributed by atoms with Gasteiger partial charge in [0.1, 0.15) is 5.75 Å². The number of rotatable bonds is 3. The van der Waals surface area contributed by atoms with E-state index >= 15 is 0 Å². The Hall–Kier alpha value is -3.14. The number of nitrogens with one attached hydrogen (secondary N) is 1. The van der Waals surface area contributed by atoms with Gasteiger partial charge in [0.2, 0.25) is 0 Å². The Morgan fingerprint density at radius 2 is 1.78 bits per heavy atom. The molecule has 0 aliphatic carbocycles. The average molecular weight is 301 g/mol. The van der Waals surface area contributed by atoms with Gasteiger partial charge in [0.05, 0.1) is 24.5 Å². The molecule has 4 rings (SSSR count). The number of hydrogen-bond acceptors (Lipinski definition) is 3. The van der Waals surface area contributed by atoms with E-state index in [1.165, 1.54) is 0 Å². The highest BCUT2D eigenvalue weighted by Gasteiger charge is 2.09. The lowest BCUT2D eigenvalue weighted by Gasteiger charge is -2.10. The summed E-state index contributed by atoms with van der Waals surface area (Å²) in [5, 5.41) is 8.15. The van der Waals surface area contributed by atoms with Crippen LogP contribution in [0.2, 0.25) is 0 Å². The number of benzene rings is 2. The summed E-state index contributed by atoms with van der Waals surface area (Å²) >= 11 is 0. The standard InChI is InChI=1S/C19H15N3O/c1-23-16-7-4-13(5-8-16)19-17(3-2-10-20-19)14-6-9-18-15(11-14)12-21-22-18/h2-12H,1H3,(H,21,22). The molecule has 0 saturated heterocycles. The molecule has 112 valence electrons. The molecular formula is C19H15N3O. The van der Waals surface area contributed by atoms with Crippen LogP contribution in [0.1, 0.15) is 0 Å². The SMILES string of the molecule is COc1ccc(-c2ncccc2-c2ccc3[nH]ncc3c2)cc1. The predicted molar refractivity (Wildman–Crippen MR) is 91.3 cm³/mol. The summed E-state index contributed by atoms with van der Waals surface area (Å²) in [7, 11) is 1.67. The third-order valence-electron chi connectivity index (χ3n) is 3.92. The molecule has 4 nitrogen and oxygen atoms in total. The molecule has 23 heavy (non-hydrogen) atoms. The number of fused-ring (bicyclic) bond motifs is 1. The van der Waals surface area contributed by atoms with Crippen molar-refractivity contribution in [1.29, 1.82) is 0 Å². The van der Waals surface area contributed by atoms with Crippen LogP contribution < -0.4 is 4.74 Å². The van der Waals surface area contributed by atoms with Crippen LogP contribution >= 0.6 is 0 Å². The molecule has 2 heterocycles. The van der Waals surface area contributed by atoms with Crippen LogP contribution in [0.25, 0.3) is 33.3 Å². The quantitative estimate of drug-likeness (QED) is 0.614. The fourth-order valence-corrected chi connectivity index (χ4v) is 2.73. The monoisotopic (exact) mass is 301 g/mol. The van der Waals surface area contributed by atoms with Crippen molar-refractivity contribution in [2.45, 2.75) is 0 Å². The second-order valence-corrected chi connectivity index (χ2v) is 5.30. The fraction of sp³-hybridized carbons (Fsp3) is 0.0526. The summed E-state index contributed by atoms with van der Waals surface area (Å²) in [5.74, 6) is 0.839. The van der Waals surface area contributed by atoms with E-state index in [0.29, 0.717) is 0 Å². The lowest BCUT2D eigenvalue weighted by molar-refractivity contribution is 0.415. The van der Waals surface area contributed by atoms with Crippen molar-refractivity contribution < 1.29 is 4.74 Å². The molecule has 0 unspecified atom stereocenters. The van der Waals surface area contributed by atoms with E-state index in [4.69, 9.17) is 4.74 Å². The zero-order valence-electron chi connectivity index (χ0n) is 12.7. The number of aromatic amines is 1. The molecule has 4 heteroatoms. The summed E-state index contributed by atoms with van der Waals surface area (Å²) in [4.78, 5) is 4.58. The number of aromatic nitrogens is 3. The van der Waals surface area contributed by atoms with Crippen LogP contribution in [0.4, 0.5) is 0 Å². The van der Waals surface area contributed by atoms with Crippen molar-refractivity contribution >= 4 is 10.9 Å². The maximum Gasteiger partial charge on any atom is 0.118 e. The van der Waals surface area contributed by atoms with Crippen molar-refractivity contribution in [3.63, 3.8) is 0 Å². The number of H-pyrrole nitrogens is 1. The van der Waals surface area contributed by atoms with E-state index in [1.807, 2.05) is 48.8 Å². The molecular weight excluding hydrogens is 286 g/mol. The van der Waals surface area contributed by atoms with Crippen LogP contribution in [0, 0.1) is 0 Å². The topological polar surface area (TPSA) is 50.8 Å². The Morgan fingerprint density at radius 1 is 0.957 bits per heavy atom. The molecule has 0 spiro atoms. The van der Waals surface area contributed by atoms with Gasteiger partial charge in [-0.05, 0) is 48.0 Å². The number of pyridine rings is 1. The van der Waals surface area contributed by atoms with Gasteiger partial charge in [0, 0.05) is 22.7 Å². The van der Waals surface area contributed by atoms with Gasteiger partial charge in [-0.1, -0.05) is 12.1 Å². The molecule has 0 bridgehead atoms. The first kappa shape index (κ1) is 13.5. The summed E-state index contributed by atoms with van der Waals surface area (Å²) in [6, 6.07) is 18.3. The molecule has 0 atom stereocenters. The normalized spacial score (nSPS) is 10.8. The molecule has 0 aliphatic rings. The van der Waals surface area contributed by atoms with E-state index in [2.05, 4.69) is 33.4 Å². The Balaban J connectivity index is 1.85. The average Bonchev–Trinajstić information content (AvgIpc) is 3.09. The third kappa shape index (κ3) is 2.44. The smallest absolute Gasteiger partial charge is 0.118 e. The van der Waals surface area contributed by atoms with Crippen molar-refractivity contribution in [3.05, 3.63) is 67.0 Å². The zero-order chi connectivity index (χ0) is 15.6. The Bertz CT molecular complexity index is 958. The molecule has 4 aromatic rings. The van der Waals surface area contributed by atoms with Crippen LogP contribution in [0.3, 0.4) is 0 Å². The highest BCUT2D eigenvalue weighted by atomic mass is 16.5. The first-order valence-electron chi connectivity index (χ1n) is 7.38. The fourth-order valence-electron chi connectivity index (χ4n) is 2.73. The van der Waals surface area contributed by atoms with Gasteiger partial charge in [0.25, 0.3) is 0 Å². The lowest BCUT2D eigenvalue weighted by atomic mass is 9.98. The van der Waals surface area contributed by atoms with E-state index in [9.17, 15) is 0 Å². The number of nitrogens with zero attached hydrogens (tertiary/aromatic N) is 2. The Kier molecular flexibility index (Phi) is 3.27. The van der Waals surface area contributed by atoms with Gasteiger partial charge in [-0.15, -0.1) is 0 Å². The van der Waals surface area contributed by atoms with E-state index in [-0.39, 0.29) is 0 Å². The summed E-state index contributed by atoms with van der Waals surface area (Å²) < 4.78 is 5.23. The first-order valence-corrected chi connectivity index (χ1v) is 7.38. The second-order valence-electron chi connectivity index (χ2n) is 5.30. The molecule has 0 amide bonds. The Labute approximate surface area is 133 Å². The summed E-state index contributed by atoms with van der Waals surface area (Å²) in [6.45, 7) is 0. The molecule has 2 aromatic carbocycles. The van der Waals surface area contributed by atoms with E-state index < -0.39 is 0 Å². The number of ether oxygens (including phenoxy) is 1. The number of methoxy groups -OCH3 is 1. The van der Waals surface area contributed by atoms with Gasteiger partial charge in [-0.3, -0.25) is 10.1 Å². The van der Waals surface area contributed by atoms with Crippen LogP contribution in [-0.4, -0.2) is 22.3 Å². The highest BCUT2D eigenvalue weighted by Crippen LogP contribution is 2.32. The van der Waals surface area contributed by atoms with E-state index in [0.717, 1.165) is 39.0 Å². The highest BCUT2D eigenvalue weighted by molar-refractivity contribution is 5.88. The number of hydrogen-bond donors (Lipinski definition) is 1. The van der Waals surface area contributed by atoms with Gasteiger partial charge >= 0.3 is 0 Å². The maximum atomic E-state index is 5.23. The lowest BCUT2D eigenvalue weighted by Crippen LogP contribution is -1.89. The molecule has 0 fully saturated rings. The molecule has 0 radical (unpaired) electrons. The largest absolute Gasteiger partial charge is 0.497 e. The van der Waals surface area contributed by atoms with Crippen LogP contribution in [0.15, 0.2) is 67.0 Å². The molecule has 1 N–H and O–H groups in total. The van der Waals surface area contributed by atoms with Crippen LogP contribution in [0.5, 0.6) is 5.75 Å². The summed E-state index contributed by atoms with van der Waals surface area (Å²) in [6.07, 6.45) is 3.65. The van der Waals surface area contributed by atoms with Crippen LogP contribution in [-0.2, 0) is 0 Å². The zero-order valence-corrected chi connectivity index (χ0v) is 12.7. The minimum Gasteiger partial charge on any atom is -0.497 e. The van der Waals surface area contributed by atoms with Gasteiger partial charge < -0.3 is 4.74 Å². The van der Waals surface area contributed by atoms with Gasteiger partial charge in [-0.25, -0.2) is 0 Å². The molecule has 0 aliphatic heterocycles. The first-order chi connectivity index (χ1) is 11.3.